The first kappa shape index (κ1) is 15.8. The molecule has 0 aromatic heterocycles. The van der Waals surface area contributed by atoms with E-state index < -0.39 is 0 Å². The van der Waals surface area contributed by atoms with Crippen molar-refractivity contribution in [3.8, 4) is 0 Å². The molecule has 0 heterocycles. The van der Waals surface area contributed by atoms with Gasteiger partial charge in [0, 0.05) is 12.7 Å². The first-order chi connectivity index (χ1) is 7.41. The Morgan fingerprint density at radius 3 is 2.35 bits per heavy atom. The van der Waals surface area contributed by atoms with Crippen LogP contribution in [0.25, 0.3) is 0 Å². The lowest BCUT2D eigenvalue weighted by Gasteiger charge is -2.17. The molecule has 0 aliphatic heterocycles. The molecule has 0 saturated carbocycles. The fourth-order valence-corrected chi connectivity index (χ4v) is 1.31. The second-order valence-corrected chi connectivity index (χ2v) is 3.83. The van der Waals surface area contributed by atoms with Crippen molar-refractivity contribution in [2.24, 2.45) is 16.5 Å². The molecule has 0 atom stereocenters. The van der Waals surface area contributed by atoms with Crippen molar-refractivity contribution in [2.45, 2.75) is 0 Å². The minimum atomic E-state index is -0.170. The molecular weight excluding hydrogens is 284 g/mol. The van der Waals surface area contributed by atoms with Crippen LogP contribution in [0.4, 0.5) is 5.69 Å². The van der Waals surface area contributed by atoms with Gasteiger partial charge in [0.05, 0.1) is 10.0 Å². The summed E-state index contributed by atoms with van der Waals surface area (Å²) in [6.07, 6.45) is 0. The first-order valence-corrected chi connectivity index (χ1v) is 5.04. The summed E-state index contributed by atoms with van der Waals surface area (Å²) in [6.45, 7) is 0. The molecule has 0 spiro atoms. The van der Waals surface area contributed by atoms with Gasteiger partial charge in [0.1, 0.15) is 0 Å². The third-order valence-electron chi connectivity index (χ3n) is 1.84. The molecule has 1 aromatic carbocycles. The lowest BCUT2D eigenvalue weighted by Crippen LogP contribution is -2.30. The van der Waals surface area contributed by atoms with Crippen LogP contribution < -0.4 is 16.4 Å². The van der Waals surface area contributed by atoms with Crippen LogP contribution in [0.2, 0.25) is 10.0 Å². The highest BCUT2D eigenvalue weighted by atomic mass is 35.5. The van der Waals surface area contributed by atoms with E-state index in [0.29, 0.717) is 15.7 Å². The highest BCUT2D eigenvalue weighted by molar-refractivity contribution is 6.42. The van der Waals surface area contributed by atoms with Crippen LogP contribution in [-0.4, -0.2) is 19.0 Å². The van der Waals surface area contributed by atoms with Crippen molar-refractivity contribution >= 4 is 53.2 Å². The number of hydrogen-bond acceptors (Lipinski definition) is 1. The quantitative estimate of drug-likeness (QED) is 0.547. The van der Waals surface area contributed by atoms with Crippen LogP contribution in [0.15, 0.2) is 23.2 Å². The average Bonchev–Trinajstić information content (AvgIpc) is 2.20. The summed E-state index contributed by atoms with van der Waals surface area (Å²) in [6, 6.07) is 4.98. The smallest absolute Gasteiger partial charge is 0.225 e. The Labute approximate surface area is 115 Å². The lowest BCUT2D eigenvalue weighted by atomic mass is 10.3. The van der Waals surface area contributed by atoms with E-state index in [4.69, 9.17) is 40.1 Å². The number of guanidine groups is 2. The first-order valence-electron chi connectivity index (χ1n) is 4.28. The summed E-state index contributed by atoms with van der Waals surface area (Å²) in [7, 11) is 1.65. The summed E-state index contributed by atoms with van der Waals surface area (Å²) < 4.78 is 0. The predicted octanol–water partition coefficient (Wildman–Crippen LogP) is 2.06. The van der Waals surface area contributed by atoms with E-state index in [9.17, 15) is 0 Å². The molecular formula is C9H12Cl3N5. The standard InChI is InChI=1S/C9H11Cl2N5.ClH/c1-16(9(14)15-8(12)13)5-2-3-6(10)7(11)4-5;/h2-4H,1H3,(H5,12,13,14,15);1H. The molecule has 0 bridgehead atoms. The fraction of sp³-hybridized carbons (Fsp3) is 0.111. The molecule has 0 amide bonds. The van der Waals surface area contributed by atoms with Crippen LogP contribution in [0, 0.1) is 5.41 Å². The van der Waals surface area contributed by atoms with Crippen LogP contribution >= 0.6 is 35.6 Å². The van der Waals surface area contributed by atoms with E-state index in [1.54, 1.807) is 25.2 Å². The minimum absolute atomic E-state index is 0. The molecule has 5 nitrogen and oxygen atoms in total. The van der Waals surface area contributed by atoms with Crippen LogP contribution in [-0.2, 0) is 0 Å². The predicted molar refractivity (Wildman–Crippen MR) is 75.6 cm³/mol. The maximum atomic E-state index is 7.59. The summed E-state index contributed by atoms with van der Waals surface area (Å²) in [4.78, 5) is 5.09. The number of aliphatic imine (C=N–C) groups is 1. The number of hydrogen-bond donors (Lipinski definition) is 3. The Morgan fingerprint density at radius 1 is 1.29 bits per heavy atom. The zero-order valence-corrected chi connectivity index (χ0v) is 11.3. The second-order valence-electron chi connectivity index (χ2n) is 3.02. The molecule has 0 aliphatic rings. The average molecular weight is 297 g/mol. The molecule has 94 valence electrons. The molecule has 0 fully saturated rings. The third kappa shape index (κ3) is 4.30. The molecule has 0 unspecified atom stereocenters. The molecule has 0 saturated heterocycles. The van der Waals surface area contributed by atoms with Crippen LogP contribution in [0.5, 0.6) is 0 Å². The van der Waals surface area contributed by atoms with Crippen molar-refractivity contribution in [3.05, 3.63) is 28.2 Å². The zero-order chi connectivity index (χ0) is 12.3. The highest BCUT2D eigenvalue weighted by Crippen LogP contribution is 2.26. The molecule has 0 aliphatic carbocycles. The number of nitrogens with two attached hydrogens (primary N) is 2. The Kier molecular flexibility index (Phi) is 6.09. The molecule has 1 rings (SSSR count). The lowest BCUT2D eigenvalue weighted by molar-refractivity contribution is 1.19. The topological polar surface area (TPSA) is 91.5 Å². The van der Waals surface area contributed by atoms with Crippen LogP contribution in [0.3, 0.4) is 0 Å². The van der Waals surface area contributed by atoms with Gasteiger partial charge in [0.25, 0.3) is 0 Å². The maximum absolute atomic E-state index is 7.59. The minimum Gasteiger partial charge on any atom is -0.370 e. The van der Waals surface area contributed by atoms with E-state index >= 15 is 0 Å². The molecule has 5 N–H and O–H groups in total. The maximum Gasteiger partial charge on any atom is 0.225 e. The molecule has 0 radical (unpaired) electrons. The van der Waals surface area contributed by atoms with Gasteiger partial charge in [-0.3, -0.25) is 5.41 Å². The Hall–Kier alpha value is -1.17. The fourth-order valence-electron chi connectivity index (χ4n) is 1.01. The van der Waals surface area contributed by atoms with Gasteiger partial charge in [0.2, 0.25) is 5.96 Å². The van der Waals surface area contributed by atoms with Crippen molar-refractivity contribution in [1.29, 1.82) is 5.41 Å². The van der Waals surface area contributed by atoms with Crippen molar-refractivity contribution in [3.63, 3.8) is 0 Å². The summed E-state index contributed by atoms with van der Waals surface area (Å²) in [5.74, 6) is -0.254. The third-order valence-corrected chi connectivity index (χ3v) is 2.58. The van der Waals surface area contributed by atoms with Gasteiger partial charge >= 0.3 is 0 Å². The van der Waals surface area contributed by atoms with Gasteiger partial charge < -0.3 is 16.4 Å². The summed E-state index contributed by atoms with van der Waals surface area (Å²) >= 11 is 11.6. The summed E-state index contributed by atoms with van der Waals surface area (Å²) in [5.41, 5.74) is 11.0. The molecule has 1 aromatic rings. The zero-order valence-electron chi connectivity index (χ0n) is 8.95. The van der Waals surface area contributed by atoms with E-state index in [2.05, 4.69) is 4.99 Å². The number of nitrogens with zero attached hydrogens (tertiary/aromatic N) is 2. The largest absolute Gasteiger partial charge is 0.370 e. The van der Waals surface area contributed by atoms with Crippen molar-refractivity contribution in [1.82, 2.24) is 0 Å². The number of rotatable bonds is 1. The monoisotopic (exact) mass is 295 g/mol. The van der Waals surface area contributed by atoms with Crippen LogP contribution in [0.1, 0.15) is 0 Å². The van der Waals surface area contributed by atoms with E-state index in [0.717, 1.165) is 0 Å². The molecule has 8 heteroatoms. The van der Waals surface area contributed by atoms with Gasteiger partial charge in [-0.2, -0.15) is 4.99 Å². The van der Waals surface area contributed by atoms with Gasteiger partial charge in [-0.05, 0) is 18.2 Å². The Morgan fingerprint density at radius 2 is 1.88 bits per heavy atom. The molecule has 17 heavy (non-hydrogen) atoms. The second kappa shape index (κ2) is 6.54. The van der Waals surface area contributed by atoms with E-state index in [1.165, 1.54) is 4.90 Å². The number of anilines is 1. The number of benzene rings is 1. The van der Waals surface area contributed by atoms with Gasteiger partial charge in [0.15, 0.2) is 5.96 Å². The van der Waals surface area contributed by atoms with Gasteiger partial charge in [-0.25, -0.2) is 0 Å². The number of halogens is 3. The SMILES string of the molecule is CN(C(=N)N=C(N)N)c1ccc(Cl)c(Cl)c1.Cl. The highest BCUT2D eigenvalue weighted by Gasteiger charge is 2.08. The van der Waals surface area contributed by atoms with Gasteiger partial charge in [-0.15, -0.1) is 12.4 Å². The normalized spacial score (nSPS) is 9.12. The van der Waals surface area contributed by atoms with Crippen molar-refractivity contribution in [2.75, 3.05) is 11.9 Å². The Bertz CT molecular complexity index is 442. The van der Waals surface area contributed by atoms with Gasteiger partial charge in [-0.1, -0.05) is 23.2 Å². The Balaban J connectivity index is 0.00000256. The van der Waals surface area contributed by atoms with Crippen molar-refractivity contribution < 1.29 is 0 Å². The van der Waals surface area contributed by atoms with E-state index in [-0.39, 0.29) is 24.3 Å². The van der Waals surface area contributed by atoms with E-state index in [1.807, 2.05) is 0 Å². The number of nitrogens with one attached hydrogen (secondary N) is 1. The summed E-state index contributed by atoms with van der Waals surface area (Å²) in [5, 5.41) is 8.45.